The Morgan fingerprint density at radius 1 is 1.20 bits per heavy atom. The number of hydrogen-bond donors (Lipinski definition) is 3. The van der Waals surface area contributed by atoms with E-state index >= 15 is 0 Å². The lowest BCUT2D eigenvalue weighted by atomic mass is 10.2. The lowest BCUT2D eigenvalue weighted by Crippen LogP contribution is -2.35. The SMILES string of the molecule is CNc1c(NS)c(=O)c1=O. The first-order valence-electron chi connectivity index (χ1n) is 2.63. The van der Waals surface area contributed by atoms with E-state index < -0.39 is 10.9 Å². The molecule has 0 aromatic heterocycles. The zero-order valence-corrected chi connectivity index (χ0v) is 6.16. The van der Waals surface area contributed by atoms with Crippen LogP contribution in [0.4, 0.5) is 11.4 Å². The largest absolute Gasteiger partial charge is 0.383 e. The lowest BCUT2D eigenvalue weighted by Gasteiger charge is -2.06. The normalized spacial score (nSPS) is 9.80. The molecule has 0 saturated heterocycles. The molecule has 0 aliphatic rings. The molecule has 54 valence electrons. The minimum atomic E-state index is -0.514. The standard InChI is InChI=1S/C5H6N2O2S/c1-6-2-3(7-10)5(9)4(2)8/h6-7,10H,1H3. The summed E-state index contributed by atoms with van der Waals surface area (Å²) in [7, 11) is 1.57. The van der Waals surface area contributed by atoms with E-state index in [1.54, 1.807) is 7.05 Å². The summed E-state index contributed by atoms with van der Waals surface area (Å²) >= 11 is 3.64. The van der Waals surface area contributed by atoms with Crippen molar-refractivity contribution in [2.75, 3.05) is 17.1 Å². The molecular formula is C5H6N2O2S. The molecule has 0 heterocycles. The van der Waals surface area contributed by atoms with Crippen LogP contribution in [-0.2, 0) is 0 Å². The Morgan fingerprint density at radius 3 is 2.00 bits per heavy atom. The molecule has 2 N–H and O–H groups in total. The average molecular weight is 158 g/mol. The van der Waals surface area contributed by atoms with Crippen LogP contribution in [0.2, 0.25) is 0 Å². The highest BCUT2D eigenvalue weighted by Crippen LogP contribution is 2.12. The van der Waals surface area contributed by atoms with E-state index in [1.807, 2.05) is 0 Å². The van der Waals surface area contributed by atoms with E-state index in [0.29, 0.717) is 5.69 Å². The van der Waals surface area contributed by atoms with Gasteiger partial charge in [0.05, 0.1) is 0 Å². The molecule has 1 aromatic rings. The Hall–Kier alpha value is -0.970. The molecule has 0 aliphatic carbocycles. The van der Waals surface area contributed by atoms with E-state index in [9.17, 15) is 9.59 Å². The van der Waals surface area contributed by atoms with Crippen LogP contribution in [0.3, 0.4) is 0 Å². The van der Waals surface area contributed by atoms with Crippen LogP contribution in [0.25, 0.3) is 0 Å². The van der Waals surface area contributed by atoms with E-state index in [-0.39, 0.29) is 5.69 Å². The van der Waals surface area contributed by atoms with Crippen molar-refractivity contribution in [1.29, 1.82) is 0 Å². The summed E-state index contributed by atoms with van der Waals surface area (Å²) in [5.74, 6) is 0. The summed E-state index contributed by atoms with van der Waals surface area (Å²) in [4.78, 5) is 21.2. The molecule has 0 radical (unpaired) electrons. The van der Waals surface area contributed by atoms with E-state index in [4.69, 9.17) is 0 Å². The average Bonchev–Trinajstić information content (AvgIpc) is 1.97. The molecule has 0 unspecified atom stereocenters. The van der Waals surface area contributed by atoms with Gasteiger partial charge in [-0.1, -0.05) is 12.8 Å². The van der Waals surface area contributed by atoms with Crippen molar-refractivity contribution in [2.24, 2.45) is 0 Å². The van der Waals surface area contributed by atoms with Crippen molar-refractivity contribution in [3.05, 3.63) is 20.4 Å². The molecule has 1 aromatic carbocycles. The molecule has 1 rings (SSSR count). The number of rotatable bonds is 2. The molecule has 0 spiro atoms. The Bertz CT molecular complexity index is 281. The molecule has 0 saturated carbocycles. The van der Waals surface area contributed by atoms with Crippen molar-refractivity contribution in [2.45, 2.75) is 0 Å². The zero-order valence-electron chi connectivity index (χ0n) is 5.26. The van der Waals surface area contributed by atoms with Gasteiger partial charge in [0.1, 0.15) is 11.4 Å². The Kier molecular flexibility index (Phi) is 1.67. The third-order valence-corrected chi connectivity index (χ3v) is 1.50. The van der Waals surface area contributed by atoms with Gasteiger partial charge in [-0.25, -0.2) is 0 Å². The molecule has 10 heavy (non-hydrogen) atoms. The van der Waals surface area contributed by atoms with Gasteiger partial charge in [-0.05, 0) is 0 Å². The van der Waals surface area contributed by atoms with E-state index in [2.05, 4.69) is 22.9 Å². The summed E-state index contributed by atoms with van der Waals surface area (Å²) in [5.41, 5.74) is -0.450. The molecule has 0 bridgehead atoms. The second kappa shape index (κ2) is 2.34. The fourth-order valence-electron chi connectivity index (χ4n) is 0.737. The maximum Gasteiger partial charge on any atom is 0.254 e. The number of hydrogen-bond acceptors (Lipinski definition) is 5. The van der Waals surface area contributed by atoms with Crippen LogP contribution in [-0.4, -0.2) is 7.05 Å². The van der Waals surface area contributed by atoms with Gasteiger partial charge >= 0.3 is 0 Å². The van der Waals surface area contributed by atoms with Crippen molar-refractivity contribution in [1.82, 2.24) is 0 Å². The summed E-state index contributed by atoms with van der Waals surface area (Å²) < 4.78 is 2.32. The number of nitrogens with one attached hydrogen (secondary N) is 2. The molecule has 4 nitrogen and oxygen atoms in total. The van der Waals surface area contributed by atoms with Crippen molar-refractivity contribution < 1.29 is 0 Å². The van der Waals surface area contributed by atoms with Crippen LogP contribution in [0.15, 0.2) is 9.59 Å². The highest BCUT2D eigenvalue weighted by Gasteiger charge is 2.17. The van der Waals surface area contributed by atoms with Crippen molar-refractivity contribution in [3.63, 3.8) is 0 Å². The van der Waals surface area contributed by atoms with Gasteiger partial charge in [0.2, 0.25) is 0 Å². The summed E-state index contributed by atoms with van der Waals surface area (Å²) in [5, 5.41) is 2.58. The lowest BCUT2D eigenvalue weighted by molar-refractivity contribution is 1.36. The van der Waals surface area contributed by atoms with Crippen LogP contribution in [0, 0.1) is 0 Å². The predicted molar refractivity (Wildman–Crippen MR) is 43.5 cm³/mol. The van der Waals surface area contributed by atoms with Gasteiger partial charge < -0.3 is 10.0 Å². The maximum absolute atomic E-state index is 10.6. The fraction of sp³-hybridized carbons (Fsp3) is 0.200. The van der Waals surface area contributed by atoms with Crippen LogP contribution >= 0.6 is 12.8 Å². The maximum atomic E-state index is 10.6. The monoisotopic (exact) mass is 158 g/mol. The van der Waals surface area contributed by atoms with Crippen LogP contribution in [0.5, 0.6) is 0 Å². The molecule has 0 fully saturated rings. The topological polar surface area (TPSA) is 58.2 Å². The van der Waals surface area contributed by atoms with Gasteiger partial charge in [0.25, 0.3) is 10.9 Å². The summed E-state index contributed by atoms with van der Waals surface area (Å²) in [6.45, 7) is 0. The van der Waals surface area contributed by atoms with Crippen molar-refractivity contribution in [3.8, 4) is 0 Å². The van der Waals surface area contributed by atoms with Gasteiger partial charge in [-0.3, -0.25) is 9.59 Å². The van der Waals surface area contributed by atoms with Crippen molar-refractivity contribution >= 4 is 24.2 Å². The highest BCUT2D eigenvalue weighted by molar-refractivity contribution is 7.81. The van der Waals surface area contributed by atoms with E-state index in [1.165, 1.54) is 0 Å². The number of anilines is 2. The smallest absolute Gasteiger partial charge is 0.254 e. The van der Waals surface area contributed by atoms with Gasteiger partial charge in [0, 0.05) is 7.05 Å². The summed E-state index contributed by atoms with van der Waals surface area (Å²) in [6, 6.07) is 0. The summed E-state index contributed by atoms with van der Waals surface area (Å²) in [6.07, 6.45) is 0. The second-order valence-corrected chi connectivity index (χ2v) is 1.99. The first-order chi connectivity index (χ1) is 4.72. The fourth-order valence-corrected chi connectivity index (χ4v) is 0.950. The third-order valence-electron chi connectivity index (χ3n) is 1.27. The Labute approximate surface area is 62.5 Å². The second-order valence-electron chi connectivity index (χ2n) is 1.77. The quantitative estimate of drug-likeness (QED) is 0.404. The number of thiol groups is 1. The minimum Gasteiger partial charge on any atom is -0.383 e. The zero-order chi connectivity index (χ0) is 7.72. The van der Waals surface area contributed by atoms with Gasteiger partial charge in [-0.2, -0.15) is 0 Å². The highest BCUT2D eigenvalue weighted by atomic mass is 32.1. The predicted octanol–water partition coefficient (Wildman–Crippen LogP) is -0.419. The van der Waals surface area contributed by atoms with Gasteiger partial charge in [-0.15, -0.1) is 0 Å². The third kappa shape index (κ3) is 0.706. The first-order valence-corrected chi connectivity index (χ1v) is 3.08. The molecule has 0 aliphatic heterocycles. The Morgan fingerprint density at radius 2 is 1.70 bits per heavy atom. The Balaban J connectivity index is 3.16. The minimum absolute atomic E-state index is 0.246. The van der Waals surface area contributed by atoms with E-state index in [0.717, 1.165) is 0 Å². The molecule has 5 heteroatoms. The molecule has 0 amide bonds. The van der Waals surface area contributed by atoms with Crippen LogP contribution < -0.4 is 20.9 Å². The van der Waals surface area contributed by atoms with Gasteiger partial charge in [0.15, 0.2) is 0 Å². The van der Waals surface area contributed by atoms with Crippen LogP contribution in [0.1, 0.15) is 0 Å². The first kappa shape index (κ1) is 7.14. The molecular weight excluding hydrogens is 152 g/mol. The molecule has 0 atom stereocenters.